The van der Waals surface area contributed by atoms with E-state index in [0.717, 1.165) is 23.2 Å². The molecule has 2 rings (SSSR count). The number of rotatable bonds is 6. The number of anilines is 4. The molecule has 0 aliphatic rings. The normalized spacial score (nSPS) is 10.3. The van der Waals surface area contributed by atoms with Crippen LogP contribution in [0.5, 0.6) is 0 Å². The Balaban J connectivity index is 2.29. The van der Waals surface area contributed by atoms with Gasteiger partial charge in [-0.05, 0) is 38.1 Å². The number of nitrogens with one attached hydrogen (secondary N) is 2. The quantitative estimate of drug-likeness (QED) is 0.833. The van der Waals surface area contributed by atoms with E-state index >= 15 is 0 Å². The largest absolute Gasteiger partial charge is 0.357 e. The summed E-state index contributed by atoms with van der Waals surface area (Å²) in [6.45, 7) is 5.85. The van der Waals surface area contributed by atoms with Crippen molar-refractivity contribution < 1.29 is 0 Å². The predicted molar refractivity (Wildman–Crippen MR) is 90.4 cm³/mol. The summed E-state index contributed by atoms with van der Waals surface area (Å²) in [5.74, 6) is 1.74. The van der Waals surface area contributed by atoms with E-state index in [2.05, 4.69) is 60.3 Å². The Bertz CT molecular complexity index is 583. The van der Waals surface area contributed by atoms with Gasteiger partial charge < -0.3 is 15.5 Å². The summed E-state index contributed by atoms with van der Waals surface area (Å²) >= 11 is 3.42. The minimum absolute atomic E-state index is 0.526. The van der Waals surface area contributed by atoms with Crippen molar-refractivity contribution in [3.63, 3.8) is 0 Å². The van der Waals surface area contributed by atoms with E-state index in [-0.39, 0.29) is 0 Å². The Hall–Kier alpha value is -1.89. The Morgan fingerprint density at radius 3 is 2.19 bits per heavy atom. The molecule has 21 heavy (non-hydrogen) atoms. The van der Waals surface area contributed by atoms with Gasteiger partial charge in [0.15, 0.2) is 0 Å². The van der Waals surface area contributed by atoms with Gasteiger partial charge >= 0.3 is 0 Å². The summed E-state index contributed by atoms with van der Waals surface area (Å²) in [6.07, 6.45) is 0. The van der Waals surface area contributed by atoms with Crippen LogP contribution in [0.1, 0.15) is 13.8 Å². The third-order valence-corrected chi connectivity index (χ3v) is 3.52. The molecule has 6 nitrogen and oxygen atoms in total. The smallest absolute Gasteiger partial charge is 0.233 e. The first-order chi connectivity index (χ1) is 10.2. The van der Waals surface area contributed by atoms with Gasteiger partial charge in [0.05, 0.1) is 0 Å². The number of benzene rings is 1. The molecule has 0 saturated carbocycles. The van der Waals surface area contributed by atoms with Gasteiger partial charge in [0.1, 0.15) is 0 Å². The minimum atomic E-state index is 0.526. The second kappa shape index (κ2) is 7.21. The monoisotopic (exact) mass is 350 g/mol. The van der Waals surface area contributed by atoms with Crippen LogP contribution in [-0.4, -0.2) is 35.1 Å². The van der Waals surface area contributed by atoms with Gasteiger partial charge in [-0.1, -0.05) is 15.9 Å². The first-order valence-electron chi connectivity index (χ1n) is 6.87. The SMILES string of the molecule is CCN(CC)c1nc(NC)nc(Nc2ccc(Br)cc2)n1. The molecule has 1 heterocycles. The number of nitrogens with zero attached hydrogens (tertiary/aromatic N) is 4. The molecule has 0 bridgehead atoms. The summed E-state index contributed by atoms with van der Waals surface area (Å²) in [6, 6.07) is 7.86. The Kier molecular flexibility index (Phi) is 5.32. The van der Waals surface area contributed by atoms with Crippen LogP contribution in [0.25, 0.3) is 0 Å². The van der Waals surface area contributed by atoms with Gasteiger partial charge in [-0.25, -0.2) is 0 Å². The van der Waals surface area contributed by atoms with Crippen LogP contribution in [0.4, 0.5) is 23.5 Å². The van der Waals surface area contributed by atoms with Crippen molar-refractivity contribution in [3.8, 4) is 0 Å². The van der Waals surface area contributed by atoms with E-state index in [0.29, 0.717) is 17.8 Å². The molecular formula is C14H19BrN6. The number of hydrogen-bond acceptors (Lipinski definition) is 6. The molecule has 0 atom stereocenters. The maximum atomic E-state index is 4.48. The lowest BCUT2D eigenvalue weighted by Crippen LogP contribution is -2.25. The maximum absolute atomic E-state index is 4.48. The topological polar surface area (TPSA) is 66.0 Å². The Morgan fingerprint density at radius 2 is 1.62 bits per heavy atom. The highest BCUT2D eigenvalue weighted by molar-refractivity contribution is 9.10. The van der Waals surface area contributed by atoms with E-state index in [4.69, 9.17) is 0 Å². The third kappa shape index (κ3) is 4.04. The highest BCUT2D eigenvalue weighted by Gasteiger charge is 2.10. The molecule has 0 unspecified atom stereocenters. The van der Waals surface area contributed by atoms with E-state index < -0.39 is 0 Å². The molecule has 0 aliphatic carbocycles. The molecule has 0 amide bonds. The average Bonchev–Trinajstić information content (AvgIpc) is 2.50. The molecule has 112 valence electrons. The van der Waals surface area contributed by atoms with Crippen LogP contribution < -0.4 is 15.5 Å². The van der Waals surface area contributed by atoms with Crippen LogP contribution in [0.2, 0.25) is 0 Å². The van der Waals surface area contributed by atoms with E-state index in [1.54, 1.807) is 7.05 Å². The summed E-state index contributed by atoms with van der Waals surface area (Å²) in [5, 5.41) is 6.17. The number of hydrogen-bond donors (Lipinski definition) is 2. The fourth-order valence-electron chi connectivity index (χ4n) is 1.84. The summed E-state index contributed by atoms with van der Waals surface area (Å²) < 4.78 is 1.03. The lowest BCUT2D eigenvalue weighted by atomic mass is 10.3. The van der Waals surface area contributed by atoms with Crippen LogP contribution in [-0.2, 0) is 0 Å². The van der Waals surface area contributed by atoms with Crippen LogP contribution in [0.15, 0.2) is 28.7 Å². The third-order valence-electron chi connectivity index (χ3n) is 2.99. The number of halogens is 1. The molecule has 0 aliphatic heterocycles. The Morgan fingerprint density at radius 1 is 1.00 bits per heavy atom. The van der Waals surface area contributed by atoms with Crippen molar-refractivity contribution in [3.05, 3.63) is 28.7 Å². The van der Waals surface area contributed by atoms with Gasteiger partial charge in [-0.3, -0.25) is 0 Å². The average molecular weight is 351 g/mol. The zero-order valence-electron chi connectivity index (χ0n) is 12.4. The van der Waals surface area contributed by atoms with Crippen molar-refractivity contribution in [2.75, 3.05) is 35.7 Å². The summed E-state index contributed by atoms with van der Waals surface area (Å²) in [5.41, 5.74) is 0.928. The lowest BCUT2D eigenvalue weighted by Gasteiger charge is -2.19. The minimum Gasteiger partial charge on any atom is -0.357 e. The predicted octanol–water partition coefficient (Wildman–Crippen LogP) is 3.27. The van der Waals surface area contributed by atoms with Crippen LogP contribution in [0.3, 0.4) is 0 Å². The Labute approximate surface area is 133 Å². The van der Waals surface area contributed by atoms with Crippen molar-refractivity contribution in [1.82, 2.24) is 15.0 Å². The molecule has 7 heteroatoms. The van der Waals surface area contributed by atoms with Gasteiger partial charge in [0.2, 0.25) is 17.8 Å². The first kappa shape index (κ1) is 15.5. The molecule has 0 radical (unpaired) electrons. The highest BCUT2D eigenvalue weighted by atomic mass is 79.9. The highest BCUT2D eigenvalue weighted by Crippen LogP contribution is 2.19. The van der Waals surface area contributed by atoms with Gasteiger partial charge in [-0.15, -0.1) is 0 Å². The van der Waals surface area contributed by atoms with Crippen molar-refractivity contribution in [2.24, 2.45) is 0 Å². The lowest BCUT2D eigenvalue weighted by molar-refractivity contribution is 0.815. The standard InChI is InChI=1S/C14H19BrN6/c1-4-21(5-2)14-19-12(16-3)18-13(20-14)17-11-8-6-10(15)7-9-11/h6-9H,4-5H2,1-3H3,(H2,16,17,18,19,20). The molecule has 2 N–H and O–H groups in total. The molecule has 2 aromatic rings. The molecule has 0 saturated heterocycles. The maximum Gasteiger partial charge on any atom is 0.233 e. The van der Waals surface area contributed by atoms with Crippen LogP contribution in [0, 0.1) is 0 Å². The zero-order valence-corrected chi connectivity index (χ0v) is 14.0. The molecule has 1 aromatic carbocycles. The zero-order chi connectivity index (χ0) is 15.2. The van der Waals surface area contributed by atoms with E-state index in [1.165, 1.54) is 0 Å². The fourth-order valence-corrected chi connectivity index (χ4v) is 2.11. The van der Waals surface area contributed by atoms with Gasteiger partial charge in [-0.2, -0.15) is 15.0 Å². The van der Waals surface area contributed by atoms with E-state index in [1.807, 2.05) is 24.3 Å². The second-order valence-electron chi connectivity index (χ2n) is 4.34. The van der Waals surface area contributed by atoms with Gasteiger partial charge in [0, 0.05) is 30.3 Å². The van der Waals surface area contributed by atoms with Gasteiger partial charge in [0.25, 0.3) is 0 Å². The first-order valence-corrected chi connectivity index (χ1v) is 7.67. The summed E-state index contributed by atoms with van der Waals surface area (Å²) in [4.78, 5) is 15.3. The second-order valence-corrected chi connectivity index (χ2v) is 5.25. The van der Waals surface area contributed by atoms with Crippen molar-refractivity contribution in [1.29, 1.82) is 0 Å². The molecule has 1 aromatic heterocycles. The number of aromatic nitrogens is 3. The fraction of sp³-hybridized carbons (Fsp3) is 0.357. The molecule has 0 fully saturated rings. The molecule has 0 spiro atoms. The van der Waals surface area contributed by atoms with E-state index in [9.17, 15) is 0 Å². The van der Waals surface area contributed by atoms with Crippen molar-refractivity contribution >= 4 is 39.5 Å². The van der Waals surface area contributed by atoms with Crippen LogP contribution >= 0.6 is 15.9 Å². The summed E-state index contributed by atoms with van der Waals surface area (Å²) in [7, 11) is 1.80. The van der Waals surface area contributed by atoms with Crippen molar-refractivity contribution in [2.45, 2.75) is 13.8 Å². The molecular weight excluding hydrogens is 332 g/mol.